The molecule has 0 unspecified atom stereocenters. The second kappa shape index (κ2) is 9.24. The smallest absolute Gasteiger partial charge is 0.224 e. The first-order valence-corrected chi connectivity index (χ1v) is 12.2. The number of pyridine rings is 1. The van der Waals surface area contributed by atoms with Crippen molar-refractivity contribution in [3.8, 4) is 0 Å². The van der Waals surface area contributed by atoms with Gasteiger partial charge in [-0.2, -0.15) is 0 Å². The number of hydrogen-bond acceptors (Lipinski definition) is 4. The summed E-state index contributed by atoms with van der Waals surface area (Å²) in [5.41, 5.74) is 9.32. The average molecular weight is 492 g/mol. The Hall–Kier alpha value is -1.56. The number of nitrogens with two attached hydrogens (primary N) is 1. The van der Waals surface area contributed by atoms with Gasteiger partial charge in [-0.05, 0) is 98.8 Å². The Labute approximate surface area is 209 Å². The van der Waals surface area contributed by atoms with Gasteiger partial charge in [0.25, 0.3) is 0 Å². The molecule has 1 aromatic heterocycles. The second-order valence-electron chi connectivity index (χ2n) is 11.1. The summed E-state index contributed by atoms with van der Waals surface area (Å²) in [5, 5.41) is 4.35. The number of aromatic nitrogens is 1. The number of amides is 1. The number of fused-ring (bicyclic) bond motifs is 1. The van der Waals surface area contributed by atoms with Crippen LogP contribution in [0.25, 0.3) is 10.9 Å². The molecule has 4 aliphatic carbocycles. The Morgan fingerprint density at radius 2 is 1.76 bits per heavy atom. The molecule has 2 heterocycles. The molecule has 5 aliphatic rings. The summed E-state index contributed by atoms with van der Waals surface area (Å²) < 4.78 is 0. The lowest BCUT2D eigenvalue weighted by Crippen LogP contribution is -2.47. The minimum absolute atomic E-state index is 0. The molecule has 0 radical (unpaired) electrons. The molecular formula is C26H36Cl2N4O. The zero-order chi connectivity index (χ0) is 21.2. The first kappa shape index (κ1) is 24.6. The summed E-state index contributed by atoms with van der Waals surface area (Å²) in [7, 11) is 0. The summed E-state index contributed by atoms with van der Waals surface area (Å²) in [6.07, 6.45) is 9.75. The Kier molecular flexibility index (Phi) is 6.88. The number of aryl methyl sites for hydroxylation is 1. The van der Waals surface area contributed by atoms with Crippen LogP contribution in [-0.4, -0.2) is 30.0 Å². The fourth-order valence-electron chi connectivity index (χ4n) is 7.67. The van der Waals surface area contributed by atoms with Crippen molar-refractivity contribution in [2.24, 2.45) is 28.9 Å². The van der Waals surface area contributed by atoms with Crippen molar-refractivity contribution in [2.75, 3.05) is 23.3 Å². The molecule has 1 amide bonds. The van der Waals surface area contributed by atoms with Crippen molar-refractivity contribution >= 4 is 53.1 Å². The first-order valence-electron chi connectivity index (χ1n) is 12.2. The number of nitrogens with zero attached hydrogens (tertiary/aromatic N) is 2. The highest BCUT2D eigenvalue weighted by Gasteiger charge is 2.51. The lowest BCUT2D eigenvalue weighted by Gasteiger charge is -2.56. The van der Waals surface area contributed by atoms with E-state index in [1.807, 2.05) is 0 Å². The largest absolute Gasteiger partial charge is 0.355 e. The third kappa shape index (κ3) is 4.56. The highest BCUT2D eigenvalue weighted by Crippen LogP contribution is 2.61. The van der Waals surface area contributed by atoms with Crippen LogP contribution in [0.1, 0.15) is 56.9 Å². The number of anilines is 2. The lowest BCUT2D eigenvalue weighted by molar-refractivity contribution is -0.124. The van der Waals surface area contributed by atoms with Crippen molar-refractivity contribution in [2.45, 2.75) is 64.3 Å². The van der Waals surface area contributed by atoms with Crippen molar-refractivity contribution in [3.63, 3.8) is 0 Å². The van der Waals surface area contributed by atoms with Crippen LogP contribution < -0.4 is 16.0 Å². The van der Waals surface area contributed by atoms with E-state index in [-0.39, 0.29) is 42.2 Å². The normalized spacial score (nSPS) is 31.9. The molecule has 5 fully saturated rings. The van der Waals surface area contributed by atoms with E-state index in [0.29, 0.717) is 6.42 Å². The van der Waals surface area contributed by atoms with Gasteiger partial charge in [0.1, 0.15) is 5.82 Å². The zero-order valence-corrected chi connectivity index (χ0v) is 21.0. The van der Waals surface area contributed by atoms with Crippen molar-refractivity contribution in [3.05, 3.63) is 29.8 Å². The van der Waals surface area contributed by atoms with E-state index in [1.54, 1.807) is 0 Å². The molecule has 0 spiro atoms. The Morgan fingerprint density at radius 3 is 2.36 bits per heavy atom. The van der Waals surface area contributed by atoms with E-state index in [4.69, 9.17) is 10.7 Å². The van der Waals surface area contributed by atoms with Crippen LogP contribution in [0.4, 0.5) is 11.5 Å². The number of carbonyl (C=O) groups is 1. The fourth-order valence-corrected chi connectivity index (χ4v) is 7.67. The van der Waals surface area contributed by atoms with Crippen molar-refractivity contribution in [1.82, 2.24) is 4.98 Å². The fraction of sp³-hybridized carbons (Fsp3) is 0.615. The summed E-state index contributed by atoms with van der Waals surface area (Å²) in [6, 6.07) is 8.58. The highest BCUT2D eigenvalue weighted by molar-refractivity contribution is 6.02. The third-order valence-electron chi connectivity index (χ3n) is 8.58. The second-order valence-corrected chi connectivity index (χ2v) is 11.1. The van der Waals surface area contributed by atoms with Gasteiger partial charge in [0.05, 0.1) is 11.2 Å². The molecule has 7 rings (SSSR count). The predicted molar refractivity (Wildman–Crippen MR) is 140 cm³/mol. The SMILES string of the molecule is Cc1ccc2nc(N3CC[C@H](N)C3)ccc2c1NC(=O)CC12CC3CC(CC(C3)C1)C2.Cl.Cl. The monoisotopic (exact) mass is 490 g/mol. The van der Waals surface area contributed by atoms with Crippen LogP contribution in [0, 0.1) is 30.1 Å². The van der Waals surface area contributed by atoms with Crippen LogP contribution in [0.3, 0.4) is 0 Å². The van der Waals surface area contributed by atoms with Gasteiger partial charge in [-0.15, -0.1) is 24.8 Å². The van der Waals surface area contributed by atoms with Crippen LogP contribution in [0.5, 0.6) is 0 Å². The number of hydrogen-bond donors (Lipinski definition) is 2. The van der Waals surface area contributed by atoms with Crippen LogP contribution in [0.15, 0.2) is 24.3 Å². The van der Waals surface area contributed by atoms with Crippen LogP contribution in [-0.2, 0) is 4.79 Å². The van der Waals surface area contributed by atoms with Gasteiger partial charge in [0.2, 0.25) is 5.91 Å². The topological polar surface area (TPSA) is 71.2 Å². The molecule has 4 bridgehead atoms. The lowest BCUT2D eigenvalue weighted by atomic mass is 9.49. The van der Waals surface area contributed by atoms with E-state index in [0.717, 1.165) is 65.2 Å². The van der Waals surface area contributed by atoms with Crippen LogP contribution in [0.2, 0.25) is 0 Å². The minimum atomic E-state index is 0. The zero-order valence-electron chi connectivity index (χ0n) is 19.4. The van der Waals surface area contributed by atoms with Gasteiger partial charge in [0.15, 0.2) is 0 Å². The molecule has 180 valence electrons. The average Bonchev–Trinajstić information content (AvgIpc) is 3.15. The standard InChI is InChI=1S/C26H34N4O.2ClH/c1-16-2-4-22-21(3-5-23(28-22)30-7-6-20(27)15-30)25(16)29-24(31)14-26-11-17-8-18(12-26)10-19(9-17)13-26;;/h2-5,17-20H,6-15,27H2,1H3,(H,29,31);2*1H/t17?,18?,19?,20-,26?;;/m0../s1. The molecule has 1 atom stereocenters. The van der Waals surface area contributed by atoms with E-state index in [9.17, 15) is 4.79 Å². The van der Waals surface area contributed by atoms with E-state index < -0.39 is 0 Å². The quantitative estimate of drug-likeness (QED) is 0.595. The van der Waals surface area contributed by atoms with Gasteiger partial charge in [-0.25, -0.2) is 4.98 Å². The minimum Gasteiger partial charge on any atom is -0.355 e. The number of rotatable bonds is 4. The highest BCUT2D eigenvalue weighted by atomic mass is 35.5. The van der Waals surface area contributed by atoms with Gasteiger partial charge in [-0.3, -0.25) is 4.79 Å². The molecule has 1 aliphatic heterocycles. The van der Waals surface area contributed by atoms with Gasteiger partial charge >= 0.3 is 0 Å². The predicted octanol–water partition coefficient (Wildman–Crippen LogP) is 5.47. The van der Waals surface area contributed by atoms with Gasteiger partial charge in [0, 0.05) is 30.9 Å². The maximum atomic E-state index is 13.3. The Morgan fingerprint density at radius 1 is 1.09 bits per heavy atom. The molecule has 3 N–H and O–H groups in total. The van der Waals surface area contributed by atoms with Crippen molar-refractivity contribution in [1.29, 1.82) is 0 Å². The van der Waals surface area contributed by atoms with Gasteiger partial charge in [-0.1, -0.05) is 6.07 Å². The Bertz CT molecular complexity index is 1010. The number of nitrogens with one attached hydrogen (secondary N) is 1. The van der Waals surface area contributed by atoms with Crippen molar-refractivity contribution < 1.29 is 4.79 Å². The van der Waals surface area contributed by atoms with E-state index >= 15 is 0 Å². The summed E-state index contributed by atoms with van der Waals surface area (Å²) in [4.78, 5) is 20.4. The maximum absolute atomic E-state index is 13.3. The first-order chi connectivity index (χ1) is 15.0. The molecule has 1 aromatic carbocycles. The number of benzene rings is 1. The Balaban J connectivity index is 0.00000130. The molecule has 1 saturated heterocycles. The van der Waals surface area contributed by atoms with E-state index in [1.165, 1.54) is 38.5 Å². The molecule has 2 aromatic rings. The summed E-state index contributed by atoms with van der Waals surface area (Å²) >= 11 is 0. The molecular weight excluding hydrogens is 455 g/mol. The number of carbonyl (C=O) groups excluding carboxylic acids is 1. The molecule has 7 heteroatoms. The molecule has 5 nitrogen and oxygen atoms in total. The van der Waals surface area contributed by atoms with E-state index in [2.05, 4.69) is 41.4 Å². The third-order valence-corrected chi connectivity index (χ3v) is 8.58. The molecule has 33 heavy (non-hydrogen) atoms. The summed E-state index contributed by atoms with van der Waals surface area (Å²) in [5.74, 6) is 3.79. The maximum Gasteiger partial charge on any atom is 0.224 e. The summed E-state index contributed by atoms with van der Waals surface area (Å²) in [6.45, 7) is 3.90. The molecule has 4 saturated carbocycles. The van der Waals surface area contributed by atoms with Crippen LogP contribution >= 0.6 is 24.8 Å². The number of halogens is 2. The van der Waals surface area contributed by atoms with Gasteiger partial charge < -0.3 is 16.0 Å².